The van der Waals surface area contributed by atoms with Crippen molar-refractivity contribution >= 4 is 18.2 Å². The van der Waals surface area contributed by atoms with Gasteiger partial charge in [0.1, 0.15) is 18.2 Å². The van der Waals surface area contributed by atoms with Gasteiger partial charge in [-0.15, -0.1) is 0 Å². The molecule has 1 aliphatic rings. The standard InChI is InChI=1S/C32H36N2O6/c1-32(2,3)40-31(38)34(4)28(29(35)36)19-22-15-13-21(14-16-22)17-18-33-30(37)39-20-27-25-11-7-5-9-23(25)24-10-6-8-12-26(24)27/h5-16,27-28H,17-20H2,1-4H3,(H,33,37)(H,35,36)/t28-/m0/s1. The molecule has 210 valence electrons. The molecule has 0 saturated carbocycles. The summed E-state index contributed by atoms with van der Waals surface area (Å²) in [5, 5.41) is 12.5. The number of fused-ring (bicyclic) bond motifs is 3. The van der Waals surface area contributed by atoms with Gasteiger partial charge < -0.3 is 19.9 Å². The van der Waals surface area contributed by atoms with Crippen LogP contribution in [0.1, 0.15) is 48.9 Å². The third-order valence-electron chi connectivity index (χ3n) is 6.91. The van der Waals surface area contributed by atoms with Gasteiger partial charge in [0.25, 0.3) is 0 Å². The highest BCUT2D eigenvalue weighted by Gasteiger charge is 2.31. The molecule has 0 heterocycles. The summed E-state index contributed by atoms with van der Waals surface area (Å²) in [6, 6.07) is 22.8. The molecule has 0 unspecified atom stereocenters. The van der Waals surface area contributed by atoms with E-state index in [0.29, 0.717) is 13.0 Å². The molecule has 3 aromatic carbocycles. The number of hydrogen-bond acceptors (Lipinski definition) is 5. The molecule has 0 spiro atoms. The van der Waals surface area contributed by atoms with Gasteiger partial charge in [-0.3, -0.25) is 4.90 Å². The van der Waals surface area contributed by atoms with Gasteiger partial charge >= 0.3 is 18.2 Å². The van der Waals surface area contributed by atoms with Crippen molar-refractivity contribution in [1.29, 1.82) is 0 Å². The van der Waals surface area contributed by atoms with Gasteiger partial charge in [-0.1, -0.05) is 72.8 Å². The second kappa shape index (κ2) is 12.2. The van der Waals surface area contributed by atoms with Gasteiger partial charge in [0, 0.05) is 25.9 Å². The molecule has 8 heteroatoms. The molecule has 1 aliphatic carbocycles. The minimum absolute atomic E-state index is 0.00897. The van der Waals surface area contributed by atoms with Gasteiger partial charge in [-0.25, -0.2) is 14.4 Å². The summed E-state index contributed by atoms with van der Waals surface area (Å²) in [7, 11) is 1.43. The molecule has 0 aromatic heterocycles. The zero-order valence-electron chi connectivity index (χ0n) is 23.3. The zero-order valence-corrected chi connectivity index (χ0v) is 23.3. The molecule has 2 N–H and O–H groups in total. The van der Waals surface area contributed by atoms with Crippen LogP contribution in [-0.2, 0) is 27.1 Å². The summed E-state index contributed by atoms with van der Waals surface area (Å²) in [5.74, 6) is -1.10. The Morgan fingerprint density at radius 2 is 1.45 bits per heavy atom. The summed E-state index contributed by atoms with van der Waals surface area (Å²) in [5.41, 5.74) is 5.73. The number of carbonyl (C=O) groups excluding carboxylic acids is 2. The van der Waals surface area contributed by atoms with Crippen molar-refractivity contribution in [2.75, 3.05) is 20.2 Å². The van der Waals surface area contributed by atoms with E-state index >= 15 is 0 Å². The van der Waals surface area contributed by atoms with Gasteiger partial charge in [-0.2, -0.15) is 0 Å². The number of hydrogen-bond donors (Lipinski definition) is 2. The summed E-state index contributed by atoms with van der Waals surface area (Å²) in [4.78, 5) is 37.7. The number of nitrogens with one attached hydrogen (secondary N) is 1. The van der Waals surface area contributed by atoms with Gasteiger partial charge in [0.2, 0.25) is 0 Å². The minimum atomic E-state index is -1.11. The average molecular weight is 545 g/mol. The molecule has 0 aliphatic heterocycles. The smallest absolute Gasteiger partial charge is 0.410 e. The predicted molar refractivity (Wildman–Crippen MR) is 152 cm³/mol. The molecule has 0 saturated heterocycles. The second-order valence-corrected chi connectivity index (χ2v) is 11.0. The van der Waals surface area contributed by atoms with E-state index in [0.717, 1.165) is 16.0 Å². The van der Waals surface area contributed by atoms with E-state index in [-0.39, 0.29) is 18.9 Å². The summed E-state index contributed by atoms with van der Waals surface area (Å²) in [6.07, 6.45) is -0.419. The van der Waals surface area contributed by atoms with Crippen LogP contribution in [0.15, 0.2) is 72.8 Å². The summed E-state index contributed by atoms with van der Waals surface area (Å²) < 4.78 is 10.9. The van der Waals surface area contributed by atoms with Crippen LogP contribution in [0.2, 0.25) is 0 Å². The summed E-state index contributed by atoms with van der Waals surface area (Å²) >= 11 is 0. The van der Waals surface area contributed by atoms with E-state index in [1.807, 2.05) is 48.5 Å². The molecular weight excluding hydrogens is 508 g/mol. The molecule has 3 aromatic rings. The van der Waals surface area contributed by atoms with Crippen molar-refractivity contribution in [2.24, 2.45) is 0 Å². The monoisotopic (exact) mass is 544 g/mol. The van der Waals surface area contributed by atoms with Crippen molar-refractivity contribution in [2.45, 2.75) is 51.2 Å². The number of amides is 2. The van der Waals surface area contributed by atoms with Gasteiger partial charge in [0.15, 0.2) is 0 Å². The largest absolute Gasteiger partial charge is 0.480 e. The van der Waals surface area contributed by atoms with Gasteiger partial charge in [0.05, 0.1) is 0 Å². The number of carboxylic acid groups (broad SMARTS) is 1. The number of ether oxygens (including phenoxy) is 2. The van der Waals surface area contributed by atoms with Gasteiger partial charge in [-0.05, 0) is 60.6 Å². The lowest BCUT2D eigenvalue weighted by molar-refractivity contribution is -0.142. The van der Waals surface area contributed by atoms with Crippen LogP contribution >= 0.6 is 0 Å². The maximum atomic E-state index is 12.4. The molecule has 2 amide bonds. The van der Waals surface area contributed by atoms with Crippen LogP contribution in [0.25, 0.3) is 11.1 Å². The Kier molecular flexibility index (Phi) is 8.77. The molecular formula is C32H36N2O6. The third-order valence-corrected chi connectivity index (χ3v) is 6.91. The van der Waals surface area contributed by atoms with E-state index < -0.39 is 29.8 Å². The average Bonchev–Trinajstić information content (AvgIpc) is 3.23. The van der Waals surface area contributed by atoms with Crippen molar-refractivity contribution < 1.29 is 29.0 Å². The number of carbonyl (C=O) groups is 3. The van der Waals surface area contributed by atoms with E-state index in [9.17, 15) is 19.5 Å². The van der Waals surface area contributed by atoms with Crippen molar-refractivity contribution in [3.05, 3.63) is 95.1 Å². The lowest BCUT2D eigenvalue weighted by Gasteiger charge is -2.28. The van der Waals surface area contributed by atoms with Crippen LogP contribution in [0.4, 0.5) is 9.59 Å². The number of likely N-dealkylation sites (N-methyl/N-ethyl adjacent to an activating group) is 1. The Hall–Kier alpha value is -4.33. The maximum absolute atomic E-state index is 12.4. The first kappa shape index (κ1) is 28.7. The quantitative estimate of drug-likeness (QED) is 0.362. The normalized spacial score (nSPS) is 13.1. The zero-order chi connectivity index (χ0) is 28.9. The lowest BCUT2D eigenvalue weighted by atomic mass is 9.98. The topological polar surface area (TPSA) is 105 Å². The van der Waals surface area contributed by atoms with Crippen LogP contribution in [0.3, 0.4) is 0 Å². The Labute approximate surface area is 234 Å². The van der Waals surface area contributed by atoms with Crippen LogP contribution < -0.4 is 5.32 Å². The maximum Gasteiger partial charge on any atom is 0.410 e. The van der Waals surface area contributed by atoms with E-state index in [2.05, 4.69) is 29.6 Å². The van der Waals surface area contributed by atoms with Crippen LogP contribution in [0.5, 0.6) is 0 Å². The Morgan fingerprint density at radius 1 is 0.900 bits per heavy atom. The second-order valence-electron chi connectivity index (χ2n) is 11.0. The van der Waals surface area contributed by atoms with E-state index in [1.54, 1.807) is 20.8 Å². The molecule has 0 bridgehead atoms. The number of carboxylic acids is 1. The predicted octanol–water partition coefficient (Wildman–Crippen LogP) is 5.63. The van der Waals surface area contributed by atoms with E-state index in [1.165, 1.54) is 29.3 Å². The molecule has 4 rings (SSSR count). The van der Waals surface area contributed by atoms with Crippen molar-refractivity contribution in [1.82, 2.24) is 10.2 Å². The Bertz CT molecular complexity index is 1320. The van der Waals surface area contributed by atoms with Crippen molar-refractivity contribution in [3.8, 4) is 11.1 Å². The highest BCUT2D eigenvalue weighted by Crippen LogP contribution is 2.44. The third kappa shape index (κ3) is 7.00. The number of alkyl carbamates (subject to hydrolysis) is 1. The Balaban J connectivity index is 1.25. The van der Waals surface area contributed by atoms with E-state index in [4.69, 9.17) is 9.47 Å². The fourth-order valence-corrected chi connectivity index (χ4v) is 4.87. The minimum Gasteiger partial charge on any atom is -0.480 e. The highest BCUT2D eigenvalue weighted by molar-refractivity contribution is 5.80. The first-order valence-corrected chi connectivity index (χ1v) is 13.4. The molecule has 0 fully saturated rings. The fourth-order valence-electron chi connectivity index (χ4n) is 4.87. The molecule has 1 atom stereocenters. The fraction of sp³-hybridized carbons (Fsp3) is 0.344. The van der Waals surface area contributed by atoms with Crippen LogP contribution in [0, 0.1) is 0 Å². The van der Waals surface area contributed by atoms with Crippen LogP contribution in [-0.4, -0.2) is 60.0 Å². The SMILES string of the molecule is CN(C(=O)OC(C)(C)C)[C@@H](Cc1ccc(CCNC(=O)OCC2c3ccccc3-c3ccccc32)cc1)C(=O)O. The molecule has 8 nitrogen and oxygen atoms in total. The number of benzene rings is 3. The van der Waals surface area contributed by atoms with Crippen molar-refractivity contribution in [3.63, 3.8) is 0 Å². The molecule has 40 heavy (non-hydrogen) atoms. The first-order valence-electron chi connectivity index (χ1n) is 13.4. The summed E-state index contributed by atoms with van der Waals surface area (Å²) in [6.45, 7) is 5.85. The molecule has 0 radical (unpaired) electrons. The number of rotatable bonds is 9. The lowest BCUT2D eigenvalue weighted by Crippen LogP contribution is -2.46. The Morgan fingerprint density at radius 3 is 2.00 bits per heavy atom. The highest BCUT2D eigenvalue weighted by atomic mass is 16.6. The number of aliphatic carboxylic acids is 1. The first-order chi connectivity index (χ1) is 19.0. The number of nitrogens with zero attached hydrogens (tertiary/aromatic N) is 1.